The summed E-state index contributed by atoms with van der Waals surface area (Å²) in [5.74, 6) is 1.00. The highest BCUT2D eigenvalue weighted by atomic mass is 35.5. The number of nitrogens with zero attached hydrogens (tertiary/aromatic N) is 4. The van der Waals surface area contributed by atoms with Gasteiger partial charge in [0.1, 0.15) is 5.75 Å². The third-order valence-electron chi connectivity index (χ3n) is 4.71. The molecule has 1 atom stereocenters. The Labute approximate surface area is 186 Å². The van der Waals surface area contributed by atoms with E-state index in [0.717, 1.165) is 16.8 Å². The molecule has 0 saturated carbocycles. The van der Waals surface area contributed by atoms with Gasteiger partial charge in [-0.05, 0) is 43.0 Å². The number of nitrogens with one attached hydrogen (secondary N) is 1. The van der Waals surface area contributed by atoms with E-state index in [0.29, 0.717) is 48.1 Å². The maximum absolute atomic E-state index is 12.1. The summed E-state index contributed by atoms with van der Waals surface area (Å²) in [5, 5.41) is 17.2. The minimum atomic E-state index is -0.474. The second-order valence-electron chi connectivity index (χ2n) is 7.27. The molecular weight excluding hydrogens is 418 g/mol. The number of aliphatic hydroxyl groups excluding tert-OH is 1. The van der Waals surface area contributed by atoms with Crippen molar-refractivity contribution in [2.75, 3.05) is 12.4 Å². The molecule has 8 nitrogen and oxygen atoms in total. The number of ether oxygens (including phenoxy) is 1. The van der Waals surface area contributed by atoms with E-state index in [4.69, 9.17) is 16.3 Å². The standard InChI is InChI=1S/C22H26ClN5O3/c1-4-19(30)17-7-16(21(23)20(8-17)31-3)6-5-15-9-24-22(25-10-15)27-18-11-26-28(13-18)12-14(2)29/h7-11,13-14,29H,4-6,12H2,1-3H3,(H,24,25,27)/t14-/m0/s1. The van der Waals surface area contributed by atoms with Crippen LogP contribution in [0, 0.1) is 0 Å². The smallest absolute Gasteiger partial charge is 0.227 e. The van der Waals surface area contributed by atoms with E-state index in [1.165, 1.54) is 0 Å². The van der Waals surface area contributed by atoms with E-state index in [9.17, 15) is 9.90 Å². The predicted octanol–water partition coefficient (Wildman–Crippen LogP) is 3.84. The number of aromatic nitrogens is 4. The third kappa shape index (κ3) is 6.02. The van der Waals surface area contributed by atoms with Crippen LogP contribution in [0.25, 0.3) is 0 Å². The van der Waals surface area contributed by atoms with Gasteiger partial charge in [0.05, 0.1) is 36.7 Å². The summed E-state index contributed by atoms with van der Waals surface area (Å²) in [4.78, 5) is 20.8. The van der Waals surface area contributed by atoms with Crippen molar-refractivity contribution in [3.8, 4) is 5.75 Å². The summed E-state index contributed by atoms with van der Waals surface area (Å²) >= 11 is 6.44. The van der Waals surface area contributed by atoms with Crippen LogP contribution in [0.5, 0.6) is 5.75 Å². The molecule has 0 aliphatic rings. The number of carbonyl (C=O) groups excluding carboxylic acids is 1. The highest BCUT2D eigenvalue weighted by Gasteiger charge is 2.14. The number of halogens is 1. The fourth-order valence-corrected chi connectivity index (χ4v) is 3.39. The van der Waals surface area contributed by atoms with E-state index in [-0.39, 0.29) is 5.78 Å². The Bertz CT molecular complexity index is 1030. The number of aliphatic hydroxyl groups is 1. The van der Waals surface area contributed by atoms with Crippen LogP contribution < -0.4 is 10.1 Å². The van der Waals surface area contributed by atoms with Gasteiger partial charge in [0, 0.05) is 30.6 Å². The van der Waals surface area contributed by atoms with Crippen LogP contribution in [-0.2, 0) is 19.4 Å². The molecule has 0 saturated heterocycles. The average Bonchev–Trinajstić information content (AvgIpc) is 3.19. The lowest BCUT2D eigenvalue weighted by atomic mass is 10.0. The summed E-state index contributed by atoms with van der Waals surface area (Å²) in [6.45, 7) is 3.95. The number of rotatable bonds is 10. The van der Waals surface area contributed by atoms with Gasteiger partial charge in [-0.1, -0.05) is 18.5 Å². The molecule has 164 valence electrons. The molecule has 3 aromatic rings. The zero-order valence-corrected chi connectivity index (χ0v) is 18.6. The molecule has 0 unspecified atom stereocenters. The molecule has 9 heteroatoms. The van der Waals surface area contributed by atoms with Crippen molar-refractivity contribution in [2.45, 2.75) is 45.8 Å². The molecular formula is C22H26ClN5O3. The van der Waals surface area contributed by atoms with E-state index in [1.54, 1.807) is 49.6 Å². The Balaban J connectivity index is 1.65. The van der Waals surface area contributed by atoms with Crippen LogP contribution >= 0.6 is 11.6 Å². The van der Waals surface area contributed by atoms with Gasteiger partial charge in [-0.3, -0.25) is 9.48 Å². The molecule has 2 N–H and O–H groups in total. The fourth-order valence-electron chi connectivity index (χ4n) is 3.11. The van der Waals surface area contributed by atoms with Crippen LogP contribution in [0.3, 0.4) is 0 Å². The number of methoxy groups -OCH3 is 1. The van der Waals surface area contributed by atoms with E-state index >= 15 is 0 Å². The van der Waals surface area contributed by atoms with Gasteiger partial charge in [-0.25, -0.2) is 9.97 Å². The number of benzene rings is 1. The van der Waals surface area contributed by atoms with Crippen molar-refractivity contribution in [2.24, 2.45) is 0 Å². The van der Waals surface area contributed by atoms with Crippen molar-refractivity contribution in [3.05, 3.63) is 58.6 Å². The third-order valence-corrected chi connectivity index (χ3v) is 5.14. The SMILES string of the molecule is CCC(=O)c1cc(CCc2cnc(Nc3cnn(C[C@H](C)O)c3)nc2)c(Cl)c(OC)c1. The Morgan fingerprint density at radius 2 is 2.00 bits per heavy atom. The zero-order chi connectivity index (χ0) is 22.4. The van der Waals surface area contributed by atoms with Crippen LogP contribution in [0.15, 0.2) is 36.9 Å². The van der Waals surface area contributed by atoms with E-state index < -0.39 is 6.10 Å². The number of ketones is 1. The summed E-state index contributed by atoms with van der Waals surface area (Å²) in [6, 6.07) is 3.52. The predicted molar refractivity (Wildman–Crippen MR) is 119 cm³/mol. The van der Waals surface area contributed by atoms with Gasteiger partial charge in [0.2, 0.25) is 5.95 Å². The number of Topliss-reactive ketones (excluding diaryl/α,β-unsaturated/α-hetero) is 1. The number of carbonyl (C=O) groups is 1. The van der Waals surface area contributed by atoms with E-state index in [2.05, 4.69) is 20.4 Å². The average molecular weight is 444 g/mol. The first-order valence-electron chi connectivity index (χ1n) is 10.1. The molecule has 3 rings (SSSR count). The lowest BCUT2D eigenvalue weighted by Crippen LogP contribution is -2.11. The lowest BCUT2D eigenvalue weighted by Gasteiger charge is -2.12. The summed E-state index contributed by atoms with van der Waals surface area (Å²) < 4.78 is 6.98. The van der Waals surface area contributed by atoms with Crippen molar-refractivity contribution in [1.29, 1.82) is 0 Å². The lowest BCUT2D eigenvalue weighted by molar-refractivity contribution is 0.0987. The van der Waals surface area contributed by atoms with Gasteiger partial charge in [0.25, 0.3) is 0 Å². The molecule has 31 heavy (non-hydrogen) atoms. The highest BCUT2D eigenvalue weighted by Crippen LogP contribution is 2.31. The topological polar surface area (TPSA) is 102 Å². The maximum atomic E-state index is 12.1. The number of aryl methyl sites for hydroxylation is 2. The van der Waals surface area contributed by atoms with Gasteiger partial charge < -0.3 is 15.2 Å². The Kier molecular flexibility index (Phi) is 7.59. The van der Waals surface area contributed by atoms with Crippen molar-refractivity contribution < 1.29 is 14.6 Å². The summed E-state index contributed by atoms with van der Waals surface area (Å²) in [7, 11) is 1.54. The molecule has 0 bridgehead atoms. The largest absolute Gasteiger partial charge is 0.495 e. The minimum absolute atomic E-state index is 0.0479. The maximum Gasteiger partial charge on any atom is 0.227 e. The second-order valence-corrected chi connectivity index (χ2v) is 7.65. The number of hydrogen-bond acceptors (Lipinski definition) is 7. The molecule has 0 aliphatic carbocycles. The Hall–Kier alpha value is -2.97. The summed E-state index contributed by atoms with van der Waals surface area (Å²) in [5.41, 5.74) is 3.14. The fraction of sp³-hybridized carbons (Fsp3) is 0.364. The monoisotopic (exact) mass is 443 g/mol. The van der Waals surface area contributed by atoms with Crippen LogP contribution in [-0.4, -0.2) is 43.9 Å². The van der Waals surface area contributed by atoms with Gasteiger partial charge in [0.15, 0.2) is 5.78 Å². The molecule has 0 amide bonds. The quantitative estimate of drug-likeness (QED) is 0.459. The van der Waals surface area contributed by atoms with Crippen molar-refractivity contribution in [1.82, 2.24) is 19.7 Å². The van der Waals surface area contributed by atoms with Gasteiger partial charge >= 0.3 is 0 Å². The molecule has 0 spiro atoms. The Morgan fingerprint density at radius 3 is 2.65 bits per heavy atom. The number of hydrogen-bond donors (Lipinski definition) is 2. The van der Waals surface area contributed by atoms with Gasteiger partial charge in [-0.15, -0.1) is 0 Å². The molecule has 2 heterocycles. The summed E-state index contributed by atoms with van der Waals surface area (Å²) in [6.07, 6.45) is 8.18. The zero-order valence-electron chi connectivity index (χ0n) is 17.8. The first-order chi connectivity index (χ1) is 14.9. The van der Waals surface area contributed by atoms with E-state index in [1.807, 2.05) is 13.0 Å². The van der Waals surface area contributed by atoms with Crippen molar-refractivity contribution >= 4 is 29.0 Å². The molecule has 0 fully saturated rings. The first kappa shape index (κ1) is 22.7. The minimum Gasteiger partial charge on any atom is -0.495 e. The number of anilines is 2. The van der Waals surface area contributed by atoms with Crippen molar-refractivity contribution in [3.63, 3.8) is 0 Å². The first-order valence-corrected chi connectivity index (χ1v) is 10.5. The molecule has 1 aromatic carbocycles. The van der Waals surface area contributed by atoms with Crippen LogP contribution in [0.2, 0.25) is 5.02 Å². The normalized spacial score (nSPS) is 11.9. The molecule has 2 aromatic heterocycles. The highest BCUT2D eigenvalue weighted by molar-refractivity contribution is 6.33. The molecule has 0 aliphatic heterocycles. The van der Waals surface area contributed by atoms with Crippen LogP contribution in [0.4, 0.5) is 11.6 Å². The second kappa shape index (κ2) is 10.4. The Morgan fingerprint density at radius 1 is 1.26 bits per heavy atom. The molecule has 0 radical (unpaired) electrons. The van der Waals surface area contributed by atoms with Gasteiger partial charge in [-0.2, -0.15) is 5.10 Å². The van der Waals surface area contributed by atoms with Crippen LogP contribution in [0.1, 0.15) is 41.8 Å².